The molecule has 0 saturated heterocycles. The summed E-state index contributed by atoms with van der Waals surface area (Å²) in [7, 11) is 1.58. The number of thiazole rings is 1. The highest BCUT2D eigenvalue weighted by Gasteiger charge is 2.22. The van der Waals surface area contributed by atoms with Crippen LogP contribution in [0.1, 0.15) is 11.1 Å². The number of fused-ring (bicyclic) bond motifs is 1. The van der Waals surface area contributed by atoms with Gasteiger partial charge >= 0.3 is 0 Å². The monoisotopic (exact) mass is 238 g/mol. The number of benzene rings is 1. The highest BCUT2D eigenvalue weighted by Crippen LogP contribution is 2.29. The molecular weight excluding hydrogens is 224 g/mol. The van der Waals surface area contributed by atoms with E-state index in [2.05, 4.69) is 4.98 Å². The number of aliphatic hydroxyl groups is 1. The summed E-state index contributed by atoms with van der Waals surface area (Å²) >= 11 is 1.55. The zero-order valence-corrected chi connectivity index (χ0v) is 9.78. The molecule has 1 heterocycles. The van der Waals surface area contributed by atoms with Gasteiger partial charge in [0.25, 0.3) is 0 Å². The number of aliphatic hydroxyl groups excluding tert-OH is 1. The van der Waals surface area contributed by atoms with E-state index in [4.69, 9.17) is 15.6 Å². The maximum atomic E-state index is 9.04. The Hall–Kier alpha value is -1.01. The van der Waals surface area contributed by atoms with E-state index >= 15 is 0 Å². The van der Waals surface area contributed by atoms with Crippen molar-refractivity contribution < 1.29 is 9.84 Å². The van der Waals surface area contributed by atoms with Crippen LogP contribution in [0.15, 0.2) is 24.3 Å². The minimum absolute atomic E-state index is 0.117. The molecule has 1 aromatic carbocycles. The molecule has 0 aliphatic heterocycles. The third-order valence-corrected chi connectivity index (χ3v) is 3.51. The lowest BCUT2D eigenvalue weighted by Crippen LogP contribution is -2.33. The topological polar surface area (TPSA) is 68.4 Å². The van der Waals surface area contributed by atoms with E-state index in [1.54, 1.807) is 18.4 Å². The van der Waals surface area contributed by atoms with Crippen molar-refractivity contribution in [3.8, 4) is 0 Å². The molecular formula is C11H14N2O2S. The summed E-state index contributed by atoms with van der Waals surface area (Å²) in [6, 6.07) is 7.43. The molecule has 1 aromatic heterocycles. The van der Waals surface area contributed by atoms with Crippen molar-refractivity contribution in [2.75, 3.05) is 13.7 Å². The van der Waals surface area contributed by atoms with Gasteiger partial charge in [0.2, 0.25) is 0 Å². The number of hydrogen-bond acceptors (Lipinski definition) is 5. The molecule has 0 fully saturated rings. The summed E-state index contributed by atoms with van der Waals surface area (Å²) in [5, 5.41) is 9.85. The van der Waals surface area contributed by atoms with Gasteiger partial charge in [-0.1, -0.05) is 12.1 Å². The van der Waals surface area contributed by atoms with Crippen molar-refractivity contribution in [2.45, 2.75) is 12.1 Å². The number of ether oxygens (including phenoxy) is 1. The maximum Gasteiger partial charge on any atom is 0.126 e. The van der Waals surface area contributed by atoms with Crippen LogP contribution in [0.3, 0.4) is 0 Å². The van der Waals surface area contributed by atoms with E-state index in [0.29, 0.717) is 0 Å². The maximum absolute atomic E-state index is 9.04. The van der Waals surface area contributed by atoms with E-state index in [1.807, 2.05) is 24.3 Å². The Morgan fingerprint density at radius 3 is 2.88 bits per heavy atom. The number of hydrogen-bond donors (Lipinski definition) is 2. The lowest BCUT2D eigenvalue weighted by atomic mass is 10.2. The zero-order chi connectivity index (χ0) is 11.5. The highest BCUT2D eigenvalue weighted by molar-refractivity contribution is 7.18. The Morgan fingerprint density at radius 1 is 1.50 bits per heavy atom. The Bertz CT molecular complexity index is 439. The first-order valence-electron chi connectivity index (χ1n) is 5.01. The number of nitrogens with two attached hydrogens (primary N) is 1. The molecule has 2 aromatic rings. The van der Waals surface area contributed by atoms with Gasteiger partial charge in [-0.05, 0) is 12.1 Å². The second kappa shape index (κ2) is 4.88. The molecule has 86 valence electrons. The van der Waals surface area contributed by atoms with Crippen molar-refractivity contribution >= 4 is 21.6 Å². The molecule has 2 atom stereocenters. The minimum atomic E-state index is -0.439. The normalized spacial score (nSPS) is 15.2. The quantitative estimate of drug-likeness (QED) is 0.842. The van der Waals surface area contributed by atoms with Gasteiger partial charge in [-0.3, -0.25) is 0 Å². The fraction of sp³-hybridized carbons (Fsp3) is 0.364. The van der Waals surface area contributed by atoms with Gasteiger partial charge in [0, 0.05) is 7.11 Å². The Balaban J connectivity index is 2.37. The average Bonchev–Trinajstić information content (AvgIpc) is 2.72. The Morgan fingerprint density at radius 2 is 2.25 bits per heavy atom. The van der Waals surface area contributed by atoms with Crippen LogP contribution in [0.4, 0.5) is 0 Å². The van der Waals surface area contributed by atoms with Gasteiger partial charge in [0.05, 0.1) is 22.9 Å². The molecule has 2 rings (SSSR count). The van der Waals surface area contributed by atoms with Crippen molar-refractivity contribution in [1.29, 1.82) is 0 Å². The SMILES string of the molecule is COC(c1nc2ccccc2s1)C(N)CO. The first-order chi connectivity index (χ1) is 7.76. The van der Waals surface area contributed by atoms with Crippen LogP contribution in [-0.4, -0.2) is 29.8 Å². The van der Waals surface area contributed by atoms with Crippen LogP contribution in [0, 0.1) is 0 Å². The van der Waals surface area contributed by atoms with Crippen molar-refractivity contribution in [3.63, 3.8) is 0 Å². The molecule has 0 amide bonds. The van der Waals surface area contributed by atoms with E-state index in [0.717, 1.165) is 15.2 Å². The standard InChI is InChI=1S/C11H14N2O2S/c1-15-10(7(12)6-14)11-13-8-4-2-3-5-9(8)16-11/h2-5,7,10,14H,6,12H2,1H3. The molecule has 0 aliphatic rings. The van der Waals surface area contributed by atoms with Gasteiger partial charge in [0.1, 0.15) is 11.1 Å². The van der Waals surface area contributed by atoms with E-state index in [-0.39, 0.29) is 12.7 Å². The summed E-state index contributed by atoms with van der Waals surface area (Å²) in [5.41, 5.74) is 6.71. The second-order valence-electron chi connectivity index (χ2n) is 3.52. The molecule has 0 aliphatic carbocycles. The Labute approximate surface area is 97.7 Å². The predicted molar refractivity (Wildman–Crippen MR) is 64.4 cm³/mol. The van der Waals surface area contributed by atoms with Crippen LogP contribution < -0.4 is 5.73 Å². The van der Waals surface area contributed by atoms with Gasteiger partial charge in [-0.25, -0.2) is 4.98 Å². The smallest absolute Gasteiger partial charge is 0.126 e. The van der Waals surface area contributed by atoms with Gasteiger partial charge < -0.3 is 15.6 Å². The average molecular weight is 238 g/mol. The predicted octanol–water partition coefficient (Wildman–Crippen LogP) is 1.30. The van der Waals surface area contributed by atoms with Crippen molar-refractivity contribution in [1.82, 2.24) is 4.98 Å². The lowest BCUT2D eigenvalue weighted by molar-refractivity contribution is 0.0590. The van der Waals surface area contributed by atoms with Crippen molar-refractivity contribution in [3.05, 3.63) is 29.3 Å². The summed E-state index contributed by atoms with van der Waals surface area (Å²) in [5.74, 6) is 0. The molecule has 0 spiro atoms. The second-order valence-corrected chi connectivity index (χ2v) is 4.58. The summed E-state index contributed by atoms with van der Waals surface area (Å²) < 4.78 is 6.38. The van der Waals surface area contributed by atoms with E-state index in [9.17, 15) is 0 Å². The highest BCUT2D eigenvalue weighted by atomic mass is 32.1. The minimum Gasteiger partial charge on any atom is -0.395 e. The molecule has 4 nitrogen and oxygen atoms in total. The molecule has 0 bridgehead atoms. The zero-order valence-electron chi connectivity index (χ0n) is 8.96. The van der Waals surface area contributed by atoms with E-state index in [1.165, 1.54) is 0 Å². The molecule has 0 saturated carbocycles. The first kappa shape index (κ1) is 11.5. The Kier molecular flexibility index (Phi) is 3.50. The van der Waals surface area contributed by atoms with Crippen LogP contribution >= 0.6 is 11.3 Å². The van der Waals surface area contributed by atoms with Gasteiger partial charge in [-0.15, -0.1) is 11.3 Å². The fourth-order valence-corrected chi connectivity index (χ4v) is 2.69. The third kappa shape index (κ3) is 2.08. The third-order valence-electron chi connectivity index (χ3n) is 2.41. The number of rotatable bonds is 4. The summed E-state index contributed by atoms with van der Waals surface area (Å²) in [6.07, 6.45) is -0.345. The summed E-state index contributed by atoms with van der Waals surface area (Å²) in [4.78, 5) is 4.46. The molecule has 3 N–H and O–H groups in total. The molecule has 5 heteroatoms. The van der Waals surface area contributed by atoms with Gasteiger partial charge in [0.15, 0.2) is 0 Å². The number of aromatic nitrogens is 1. The van der Waals surface area contributed by atoms with Crippen molar-refractivity contribution in [2.24, 2.45) is 5.73 Å². The van der Waals surface area contributed by atoms with Crippen LogP contribution in [-0.2, 0) is 4.74 Å². The fourth-order valence-electron chi connectivity index (χ4n) is 1.57. The number of methoxy groups -OCH3 is 1. The summed E-state index contributed by atoms with van der Waals surface area (Å²) in [6.45, 7) is -0.117. The number of nitrogens with zero attached hydrogens (tertiary/aromatic N) is 1. The van der Waals surface area contributed by atoms with Gasteiger partial charge in [-0.2, -0.15) is 0 Å². The lowest BCUT2D eigenvalue weighted by Gasteiger charge is -2.17. The molecule has 16 heavy (non-hydrogen) atoms. The largest absolute Gasteiger partial charge is 0.395 e. The first-order valence-corrected chi connectivity index (χ1v) is 5.82. The van der Waals surface area contributed by atoms with Crippen LogP contribution in [0.2, 0.25) is 0 Å². The number of para-hydroxylation sites is 1. The van der Waals surface area contributed by atoms with Crippen LogP contribution in [0.25, 0.3) is 10.2 Å². The molecule has 2 unspecified atom stereocenters. The molecule has 0 radical (unpaired) electrons. The van der Waals surface area contributed by atoms with Crippen LogP contribution in [0.5, 0.6) is 0 Å². The van der Waals surface area contributed by atoms with E-state index < -0.39 is 6.04 Å².